The van der Waals surface area contributed by atoms with E-state index in [9.17, 15) is 4.39 Å². The van der Waals surface area contributed by atoms with Crippen LogP contribution in [0.25, 0.3) is 0 Å². The van der Waals surface area contributed by atoms with Gasteiger partial charge in [-0.25, -0.2) is 4.39 Å². The Bertz CT molecular complexity index is 445. The van der Waals surface area contributed by atoms with Crippen molar-refractivity contribution in [3.8, 4) is 0 Å². The van der Waals surface area contributed by atoms with E-state index < -0.39 is 0 Å². The molecule has 1 rings (SSSR count). The molecule has 3 heteroatoms. The third kappa shape index (κ3) is 6.13. The second-order valence-electron chi connectivity index (χ2n) is 5.63. The fourth-order valence-corrected chi connectivity index (χ4v) is 2.12. The van der Waals surface area contributed by atoms with Crippen LogP contribution in [0.15, 0.2) is 43.5 Å². The van der Waals surface area contributed by atoms with Crippen molar-refractivity contribution in [3.63, 3.8) is 0 Å². The van der Waals surface area contributed by atoms with Gasteiger partial charge in [0.1, 0.15) is 5.82 Å². The number of nitrogens with zero attached hydrogens (tertiary/aromatic N) is 1. The second-order valence-corrected chi connectivity index (χ2v) is 5.63. The molecule has 0 aliphatic carbocycles. The molecule has 0 atom stereocenters. The Morgan fingerprint density at radius 1 is 1.24 bits per heavy atom. The standard InChI is InChI=1S/C18H27FN2/c1-5-11-21(12-6-2)18-13-16(7-8-17(18)19)14-20-10-9-15(3)4/h5-8,13,15,20H,1-2,9-12,14H2,3-4H3. The molecular weight excluding hydrogens is 263 g/mol. The van der Waals surface area contributed by atoms with Crippen LogP contribution in [0.4, 0.5) is 10.1 Å². The summed E-state index contributed by atoms with van der Waals surface area (Å²) in [6, 6.07) is 5.28. The lowest BCUT2D eigenvalue weighted by atomic mass is 10.1. The summed E-state index contributed by atoms with van der Waals surface area (Å²) >= 11 is 0. The van der Waals surface area contributed by atoms with Gasteiger partial charge in [-0.15, -0.1) is 13.2 Å². The van der Waals surface area contributed by atoms with Crippen molar-refractivity contribution in [2.24, 2.45) is 5.92 Å². The zero-order valence-corrected chi connectivity index (χ0v) is 13.2. The third-order valence-corrected chi connectivity index (χ3v) is 3.28. The number of hydrogen-bond donors (Lipinski definition) is 1. The molecule has 0 radical (unpaired) electrons. The number of benzene rings is 1. The topological polar surface area (TPSA) is 15.3 Å². The predicted octanol–water partition coefficient (Wildman–Crippen LogP) is 4.14. The average molecular weight is 290 g/mol. The smallest absolute Gasteiger partial charge is 0.146 e. The molecule has 1 aromatic carbocycles. The van der Waals surface area contributed by atoms with E-state index in [1.807, 2.05) is 17.0 Å². The molecule has 0 heterocycles. The van der Waals surface area contributed by atoms with Gasteiger partial charge >= 0.3 is 0 Å². The molecule has 0 fully saturated rings. The highest BCUT2D eigenvalue weighted by atomic mass is 19.1. The number of anilines is 1. The van der Waals surface area contributed by atoms with Crippen LogP contribution in [-0.4, -0.2) is 19.6 Å². The first kappa shape index (κ1) is 17.4. The first-order valence-electron chi connectivity index (χ1n) is 7.54. The number of rotatable bonds is 10. The molecule has 21 heavy (non-hydrogen) atoms. The van der Waals surface area contributed by atoms with E-state index >= 15 is 0 Å². The lowest BCUT2D eigenvalue weighted by molar-refractivity contribution is 0.537. The first-order valence-corrected chi connectivity index (χ1v) is 7.54. The summed E-state index contributed by atoms with van der Waals surface area (Å²) < 4.78 is 14.0. The van der Waals surface area contributed by atoms with Crippen molar-refractivity contribution in [2.45, 2.75) is 26.8 Å². The Hall–Kier alpha value is -1.61. The van der Waals surface area contributed by atoms with Crippen LogP contribution in [0, 0.1) is 11.7 Å². The van der Waals surface area contributed by atoms with Gasteiger partial charge in [-0.3, -0.25) is 0 Å². The van der Waals surface area contributed by atoms with Crippen LogP contribution >= 0.6 is 0 Å². The molecule has 0 saturated carbocycles. The molecule has 0 spiro atoms. The molecule has 116 valence electrons. The fraction of sp³-hybridized carbons (Fsp3) is 0.444. The van der Waals surface area contributed by atoms with Gasteiger partial charge in [0.05, 0.1) is 5.69 Å². The number of hydrogen-bond acceptors (Lipinski definition) is 2. The van der Waals surface area contributed by atoms with Crippen LogP contribution in [0.2, 0.25) is 0 Å². The Labute approximate surface area is 128 Å². The summed E-state index contributed by atoms with van der Waals surface area (Å²) in [6.07, 6.45) is 4.69. The summed E-state index contributed by atoms with van der Waals surface area (Å²) in [5, 5.41) is 3.40. The minimum Gasteiger partial charge on any atom is -0.362 e. The summed E-state index contributed by atoms with van der Waals surface area (Å²) in [5.41, 5.74) is 1.70. The Kier molecular flexibility index (Phi) is 7.76. The molecular formula is C18H27FN2. The van der Waals surface area contributed by atoms with Gasteiger partial charge in [0.2, 0.25) is 0 Å². The minimum absolute atomic E-state index is 0.204. The normalized spacial score (nSPS) is 10.7. The van der Waals surface area contributed by atoms with E-state index in [1.165, 1.54) is 6.07 Å². The van der Waals surface area contributed by atoms with Crippen molar-refractivity contribution < 1.29 is 4.39 Å². The van der Waals surface area contributed by atoms with Gasteiger partial charge in [-0.2, -0.15) is 0 Å². The first-order chi connectivity index (χ1) is 10.1. The third-order valence-electron chi connectivity index (χ3n) is 3.28. The minimum atomic E-state index is -0.204. The van der Waals surface area contributed by atoms with Gasteiger partial charge in [-0.1, -0.05) is 32.1 Å². The van der Waals surface area contributed by atoms with E-state index in [4.69, 9.17) is 0 Å². The fourth-order valence-electron chi connectivity index (χ4n) is 2.12. The van der Waals surface area contributed by atoms with Crippen LogP contribution < -0.4 is 10.2 Å². The Balaban J connectivity index is 2.73. The maximum Gasteiger partial charge on any atom is 0.146 e. The summed E-state index contributed by atoms with van der Waals surface area (Å²) in [7, 11) is 0. The van der Waals surface area contributed by atoms with Crippen LogP contribution in [0.5, 0.6) is 0 Å². The van der Waals surface area contributed by atoms with Crippen molar-refractivity contribution >= 4 is 5.69 Å². The number of halogens is 1. The average Bonchev–Trinajstić information content (AvgIpc) is 2.45. The Morgan fingerprint density at radius 2 is 1.90 bits per heavy atom. The summed E-state index contributed by atoms with van der Waals surface area (Å²) in [4.78, 5) is 1.92. The molecule has 1 aromatic rings. The lowest BCUT2D eigenvalue weighted by Crippen LogP contribution is -2.24. The molecule has 0 aromatic heterocycles. The molecule has 0 unspecified atom stereocenters. The van der Waals surface area contributed by atoms with Crippen molar-refractivity contribution in [3.05, 3.63) is 54.9 Å². The molecule has 1 N–H and O–H groups in total. The second kappa shape index (κ2) is 9.35. The SMILES string of the molecule is C=CCN(CC=C)c1cc(CNCCC(C)C)ccc1F. The van der Waals surface area contributed by atoms with E-state index in [0.29, 0.717) is 24.7 Å². The number of nitrogens with one attached hydrogen (secondary N) is 1. The van der Waals surface area contributed by atoms with Crippen LogP contribution in [0.1, 0.15) is 25.8 Å². The van der Waals surface area contributed by atoms with Crippen molar-refractivity contribution in [1.29, 1.82) is 0 Å². The largest absolute Gasteiger partial charge is 0.362 e. The molecule has 2 nitrogen and oxygen atoms in total. The van der Waals surface area contributed by atoms with Crippen molar-refractivity contribution in [2.75, 3.05) is 24.5 Å². The van der Waals surface area contributed by atoms with E-state index in [2.05, 4.69) is 32.3 Å². The molecule has 0 saturated heterocycles. The lowest BCUT2D eigenvalue weighted by Gasteiger charge is -2.23. The molecule has 0 aliphatic rings. The van der Waals surface area contributed by atoms with Gasteiger partial charge in [0.15, 0.2) is 0 Å². The predicted molar refractivity (Wildman–Crippen MR) is 90.2 cm³/mol. The van der Waals surface area contributed by atoms with E-state index in [0.717, 1.165) is 25.1 Å². The van der Waals surface area contributed by atoms with Crippen LogP contribution in [-0.2, 0) is 6.54 Å². The van der Waals surface area contributed by atoms with Gasteiger partial charge in [-0.05, 0) is 36.6 Å². The highest BCUT2D eigenvalue weighted by molar-refractivity contribution is 5.51. The van der Waals surface area contributed by atoms with Crippen molar-refractivity contribution in [1.82, 2.24) is 5.32 Å². The highest BCUT2D eigenvalue weighted by Crippen LogP contribution is 2.21. The zero-order valence-electron chi connectivity index (χ0n) is 13.2. The summed E-state index contributed by atoms with van der Waals surface area (Å²) in [6.45, 7) is 14.8. The van der Waals surface area contributed by atoms with Crippen LogP contribution in [0.3, 0.4) is 0 Å². The molecule has 0 aliphatic heterocycles. The highest BCUT2D eigenvalue weighted by Gasteiger charge is 2.10. The van der Waals surface area contributed by atoms with Gasteiger partial charge in [0.25, 0.3) is 0 Å². The molecule has 0 amide bonds. The maximum atomic E-state index is 14.0. The maximum absolute atomic E-state index is 14.0. The van der Waals surface area contributed by atoms with E-state index in [-0.39, 0.29) is 5.82 Å². The van der Waals surface area contributed by atoms with Gasteiger partial charge in [0, 0.05) is 19.6 Å². The quantitative estimate of drug-likeness (QED) is 0.514. The Morgan fingerprint density at radius 3 is 2.48 bits per heavy atom. The zero-order chi connectivity index (χ0) is 15.7. The summed E-state index contributed by atoms with van der Waals surface area (Å²) in [5.74, 6) is 0.488. The monoisotopic (exact) mass is 290 g/mol. The van der Waals surface area contributed by atoms with Gasteiger partial charge < -0.3 is 10.2 Å². The van der Waals surface area contributed by atoms with E-state index in [1.54, 1.807) is 12.2 Å². The molecule has 0 bridgehead atoms.